The number of benzene rings is 3. The van der Waals surface area contributed by atoms with Crippen LogP contribution in [0.2, 0.25) is 0 Å². The zero-order chi connectivity index (χ0) is 21.0. The molecule has 4 rings (SSSR count). The molecule has 1 unspecified atom stereocenters. The number of nitrogens with zero attached hydrogens (tertiary/aromatic N) is 1. The summed E-state index contributed by atoms with van der Waals surface area (Å²) in [5.41, 5.74) is 2.89. The minimum Gasteiger partial charge on any atom is -0.490 e. The van der Waals surface area contributed by atoms with E-state index in [9.17, 15) is 8.42 Å². The molecule has 3 aromatic rings. The molecule has 1 saturated heterocycles. The van der Waals surface area contributed by atoms with E-state index in [4.69, 9.17) is 9.47 Å². The number of para-hydroxylation sites is 2. The predicted molar refractivity (Wildman–Crippen MR) is 119 cm³/mol. The smallest absolute Gasteiger partial charge is 0.243 e. The quantitative estimate of drug-likeness (QED) is 0.468. The Morgan fingerprint density at radius 3 is 2.07 bits per heavy atom. The highest BCUT2D eigenvalue weighted by molar-refractivity contribution is 7.92. The van der Waals surface area contributed by atoms with E-state index in [2.05, 4.69) is 0 Å². The van der Waals surface area contributed by atoms with Gasteiger partial charge in [-0.1, -0.05) is 55.5 Å². The van der Waals surface area contributed by atoms with Crippen LogP contribution < -0.4 is 9.04 Å². The Morgan fingerprint density at radius 2 is 1.53 bits per heavy atom. The third-order valence-corrected chi connectivity index (χ3v) is 6.66. The summed E-state index contributed by atoms with van der Waals surface area (Å²) in [6.45, 7) is 3.22. The van der Waals surface area contributed by atoms with Crippen molar-refractivity contribution < 1.29 is 17.9 Å². The number of hydrogen-bond acceptors (Lipinski definition) is 4. The molecule has 0 aliphatic carbocycles. The van der Waals surface area contributed by atoms with Crippen LogP contribution in [0.5, 0.6) is 5.75 Å². The lowest BCUT2D eigenvalue weighted by Crippen LogP contribution is -2.28. The first-order valence-electron chi connectivity index (χ1n) is 10.1. The lowest BCUT2D eigenvalue weighted by molar-refractivity contribution is 0.261. The third kappa shape index (κ3) is 4.66. The number of hydrogen-bond donors (Lipinski definition) is 0. The molecule has 5 nitrogen and oxygen atoms in total. The van der Waals surface area contributed by atoms with Crippen LogP contribution >= 0.6 is 0 Å². The Bertz CT molecular complexity index is 1040. The second-order valence-corrected chi connectivity index (χ2v) is 9.02. The maximum absolute atomic E-state index is 13.6. The number of anilines is 2. The van der Waals surface area contributed by atoms with Gasteiger partial charge < -0.3 is 9.47 Å². The Labute approximate surface area is 177 Å². The van der Waals surface area contributed by atoms with Crippen molar-refractivity contribution >= 4 is 21.4 Å². The first kappa shape index (κ1) is 20.4. The van der Waals surface area contributed by atoms with E-state index in [0.717, 1.165) is 23.5 Å². The SMILES string of the molecule is CCc1c(CS(=O)(=O)N(c2ccccc2)c2ccccc2)cccc1OCC1CO1. The molecule has 1 heterocycles. The summed E-state index contributed by atoms with van der Waals surface area (Å²) in [4.78, 5) is 0. The molecule has 3 aromatic carbocycles. The van der Waals surface area contributed by atoms with Gasteiger partial charge in [0.2, 0.25) is 10.0 Å². The Morgan fingerprint density at radius 1 is 0.933 bits per heavy atom. The van der Waals surface area contributed by atoms with Gasteiger partial charge in [0.15, 0.2) is 0 Å². The normalized spacial score (nSPS) is 15.6. The molecule has 1 fully saturated rings. The fourth-order valence-corrected chi connectivity index (χ4v) is 5.17. The van der Waals surface area contributed by atoms with Crippen molar-refractivity contribution in [3.05, 3.63) is 90.0 Å². The summed E-state index contributed by atoms with van der Waals surface area (Å²) in [5, 5.41) is 0. The second-order valence-electron chi connectivity index (χ2n) is 7.21. The van der Waals surface area contributed by atoms with E-state index in [1.165, 1.54) is 4.31 Å². The maximum Gasteiger partial charge on any atom is 0.243 e. The van der Waals surface area contributed by atoms with Crippen molar-refractivity contribution in [1.82, 2.24) is 0 Å². The van der Waals surface area contributed by atoms with E-state index in [0.29, 0.717) is 24.4 Å². The Kier molecular flexibility index (Phi) is 6.06. The number of rotatable bonds is 9. The molecule has 0 saturated carbocycles. The molecular formula is C24H25NO4S. The van der Waals surface area contributed by atoms with Gasteiger partial charge in [-0.05, 0) is 47.9 Å². The summed E-state index contributed by atoms with van der Waals surface area (Å²) in [6.07, 6.45) is 0.831. The highest BCUT2D eigenvalue weighted by atomic mass is 32.2. The fourth-order valence-electron chi connectivity index (χ4n) is 3.49. The molecule has 0 bridgehead atoms. The number of epoxide rings is 1. The Balaban J connectivity index is 1.68. The van der Waals surface area contributed by atoms with Crippen LogP contribution in [0.15, 0.2) is 78.9 Å². The van der Waals surface area contributed by atoms with Gasteiger partial charge in [-0.15, -0.1) is 0 Å². The van der Waals surface area contributed by atoms with Crippen molar-refractivity contribution in [3.63, 3.8) is 0 Å². The van der Waals surface area contributed by atoms with Crippen molar-refractivity contribution in [2.45, 2.75) is 25.2 Å². The van der Waals surface area contributed by atoms with E-state index in [1.807, 2.05) is 61.5 Å². The first-order chi connectivity index (χ1) is 14.6. The summed E-state index contributed by atoms with van der Waals surface area (Å²) >= 11 is 0. The van der Waals surface area contributed by atoms with Gasteiger partial charge in [0.1, 0.15) is 18.5 Å². The molecule has 1 atom stereocenters. The van der Waals surface area contributed by atoms with Crippen molar-refractivity contribution in [1.29, 1.82) is 0 Å². The number of sulfonamides is 1. The van der Waals surface area contributed by atoms with Gasteiger partial charge >= 0.3 is 0 Å². The maximum atomic E-state index is 13.6. The van der Waals surface area contributed by atoms with E-state index in [1.54, 1.807) is 24.3 Å². The molecule has 30 heavy (non-hydrogen) atoms. The van der Waals surface area contributed by atoms with Gasteiger partial charge in [0, 0.05) is 0 Å². The summed E-state index contributed by atoms with van der Waals surface area (Å²) in [6, 6.07) is 23.9. The molecule has 1 aliphatic rings. The van der Waals surface area contributed by atoms with Crippen molar-refractivity contribution in [2.75, 3.05) is 17.5 Å². The Hall–Kier alpha value is -2.83. The summed E-state index contributed by atoms with van der Waals surface area (Å²) in [7, 11) is -3.70. The van der Waals surface area contributed by atoms with Crippen molar-refractivity contribution in [2.24, 2.45) is 0 Å². The largest absolute Gasteiger partial charge is 0.490 e. The van der Waals surface area contributed by atoms with Crippen LogP contribution in [-0.4, -0.2) is 27.7 Å². The highest BCUT2D eigenvalue weighted by Gasteiger charge is 2.27. The topological polar surface area (TPSA) is 59.1 Å². The molecule has 0 spiro atoms. The second kappa shape index (κ2) is 8.90. The molecule has 0 radical (unpaired) electrons. The molecule has 0 aromatic heterocycles. The standard InChI is InChI=1S/C24H25NO4S/c1-2-23-19(10-9-15-24(23)29-17-22-16-28-22)18-30(26,27)25(20-11-5-3-6-12-20)21-13-7-4-8-14-21/h3-15,22H,2,16-18H2,1H3. The first-order valence-corrected chi connectivity index (χ1v) is 11.7. The van der Waals surface area contributed by atoms with E-state index < -0.39 is 10.0 Å². The number of ether oxygens (including phenoxy) is 2. The lowest BCUT2D eigenvalue weighted by atomic mass is 10.1. The molecule has 156 valence electrons. The van der Waals surface area contributed by atoms with Crippen LogP contribution in [-0.2, 0) is 26.9 Å². The predicted octanol–water partition coefficient (Wildman–Crippen LogP) is 4.69. The average Bonchev–Trinajstić information content (AvgIpc) is 3.58. The van der Waals surface area contributed by atoms with Crippen LogP contribution in [0.1, 0.15) is 18.1 Å². The van der Waals surface area contributed by atoms with Crippen molar-refractivity contribution in [3.8, 4) is 5.75 Å². The molecule has 0 amide bonds. The van der Waals surface area contributed by atoms with Crippen LogP contribution in [0, 0.1) is 0 Å². The van der Waals surface area contributed by atoms with Gasteiger partial charge in [0.25, 0.3) is 0 Å². The fraction of sp³-hybridized carbons (Fsp3) is 0.250. The molecular weight excluding hydrogens is 398 g/mol. The highest BCUT2D eigenvalue weighted by Crippen LogP contribution is 2.32. The van der Waals surface area contributed by atoms with Gasteiger partial charge in [0.05, 0.1) is 23.7 Å². The van der Waals surface area contributed by atoms with E-state index >= 15 is 0 Å². The zero-order valence-electron chi connectivity index (χ0n) is 16.9. The third-order valence-electron chi connectivity index (χ3n) is 5.01. The lowest BCUT2D eigenvalue weighted by Gasteiger charge is -2.25. The van der Waals surface area contributed by atoms with Crippen LogP contribution in [0.25, 0.3) is 0 Å². The molecule has 0 N–H and O–H groups in total. The summed E-state index contributed by atoms with van der Waals surface area (Å²) < 4.78 is 39.8. The average molecular weight is 424 g/mol. The van der Waals surface area contributed by atoms with E-state index in [-0.39, 0.29) is 11.9 Å². The van der Waals surface area contributed by atoms with Gasteiger partial charge in [-0.25, -0.2) is 12.7 Å². The van der Waals surface area contributed by atoms with Gasteiger partial charge in [-0.2, -0.15) is 0 Å². The van der Waals surface area contributed by atoms with Gasteiger partial charge in [-0.3, -0.25) is 0 Å². The molecule has 1 aliphatic heterocycles. The monoisotopic (exact) mass is 423 g/mol. The zero-order valence-corrected chi connectivity index (χ0v) is 17.7. The molecule has 6 heteroatoms. The van der Waals surface area contributed by atoms with Crippen LogP contribution in [0.4, 0.5) is 11.4 Å². The summed E-state index contributed by atoms with van der Waals surface area (Å²) in [5.74, 6) is 0.614. The minimum absolute atomic E-state index is 0.114. The minimum atomic E-state index is -3.70. The van der Waals surface area contributed by atoms with Crippen LogP contribution in [0.3, 0.4) is 0 Å².